The van der Waals surface area contributed by atoms with Gasteiger partial charge in [-0.15, -0.1) is 0 Å². The van der Waals surface area contributed by atoms with Crippen molar-refractivity contribution >= 4 is 15.9 Å². The zero-order valence-electron chi connectivity index (χ0n) is 10.5. The summed E-state index contributed by atoms with van der Waals surface area (Å²) in [6.45, 7) is 3.91. The molecule has 0 spiro atoms. The van der Waals surface area contributed by atoms with Crippen LogP contribution in [0.2, 0.25) is 0 Å². The highest BCUT2D eigenvalue weighted by molar-refractivity contribution is 9.09. The van der Waals surface area contributed by atoms with Gasteiger partial charge in [0.2, 0.25) is 0 Å². The molecule has 0 radical (unpaired) electrons. The van der Waals surface area contributed by atoms with Crippen LogP contribution in [0.4, 0.5) is 4.39 Å². The van der Waals surface area contributed by atoms with Crippen molar-refractivity contribution in [2.75, 3.05) is 0 Å². The molecule has 18 heavy (non-hydrogen) atoms. The summed E-state index contributed by atoms with van der Waals surface area (Å²) in [4.78, 5) is 4.45. The van der Waals surface area contributed by atoms with E-state index in [0.717, 1.165) is 28.8 Å². The van der Waals surface area contributed by atoms with Crippen molar-refractivity contribution in [2.24, 2.45) is 0 Å². The minimum absolute atomic E-state index is 0.0853. The standard InChI is InChI=1S/C15H15BrFN/c1-10-3-4-14(18-9-10)8-15(16)12-5-11(2)6-13(17)7-12/h3-7,9,15H,8H2,1-2H3. The van der Waals surface area contributed by atoms with Crippen LogP contribution in [0.1, 0.15) is 27.2 Å². The van der Waals surface area contributed by atoms with E-state index in [1.165, 1.54) is 6.07 Å². The maximum absolute atomic E-state index is 13.3. The lowest BCUT2D eigenvalue weighted by Crippen LogP contribution is -1.99. The summed E-state index contributed by atoms with van der Waals surface area (Å²) in [7, 11) is 0. The summed E-state index contributed by atoms with van der Waals surface area (Å²) in [5.74, 6) is -0.189. The number of halogens is 2. The van der Waals surface area contributed by atoms with E-state index in [0.29, 0.717) is 0 Å². The minimum Gasteiger partial charge on any atom is -0.261 e. The van der Waals surface area contributed by atoms with E-state index in [-0.39, 0.29) is 10.6 Å². The Morgan fingerprint density at radius 3 is 2.56 bits per heavy atom. The van der Waals surface area contributed by atoms with Crippen LogP contribution in [0.15, 0.2) is 36.5 Å². The van der Waals surface area contributed by atoms with Crippen molar-refractivity contribution in [3.05, 3.63) is 64.7 Å². The maximum Gasteiger partial charge on any atom is 0.123 e. The predicted molar refractivity (Wildman–Crippen MR) is 75.5 cm³/mol. The molecule has 0 saturated carbocycles. The third-order valence-electron chi connectivity index (χ3n) is 2.79. The Morgan fingerprint density at radius 1 is 1.17 bits per heavy atom. The second-order valence-corrected chi connectivity index (χ2v) is 5.67. The molecule has 2 aromatic rings. The van der Waals surface area contributed by atoms with Crippen molar-refractivity contribution in [2.45, 2.75) is 25.1 Å². The van der Waals surface area contributed by atoms with Gasteiger partial charge in [-0.3, -0.25) is 4.98 Å². The van der Waals surface area contributed by atoms with Gasteiger partial charge < -0.3 is 0 Å². The van der Waals surface area contributed by atoms with Crippen molar-refractivity contribution < 1.29 is 4.39 Å². The number of hydrogen-bond acceptors (Lipinski definition) is 1. The van der Waals surface area contributed by atoms with Gasteiger partial charge in [-0.25, -0.2) is 4.39 Å². The van der Waals surface area contributed by atoms with E-state index in [4.69, 9.17) is 0 Å². The van der Waals surface area contributed by atoms with Gasteiger partial charge in [0, 0.05) is 23.1 Å². The molecule has 1 heterocycles. The van der Waals surface area contributed by atoms with Gasteiger partial charge in [0.25, 0.3) is 0 Å². The third-order valence-corrected chi connectivity index (χ3v) is 3.64. The Labute approximate surface area is 115 Å². The molecule has 94 valence electrons. The van der Waals surface area contributed by atoms with Gasteiger partial charge in [0.05, 0.1) is 0 Å². The molecule has 0 aliphatic carbocycles. The summed E-state index contributed by atoms with van der Waals surface area (Å²) in [6.07, 6.45) is 2.61. The smallest absolute Gasteiger partial charge is 0.123 e. The fraction of sp³-hybridized carbons (Fsp3) is 0.267. The summed E-state index contributed by atoms with van der Waals surface area (Å²) in [5.41, 5.74) is 4.04. The van der Waals surface area contributed by atoms with Crippen LogP contribution in [-0.2, 0) is 6.42 Å². The highest BCUT2D eigenvalue weighted by Gasteiger charge is 2.11. The van der Waals surface area contributed by atoms with Crippen molar-refractivity contribution in [3.8, 4) is 0 Å². The number of alkyl halides is 1. The van der Waals surface area contributed by atoms with Gasteiger partial charge in [-0.05, 0) is 48.7 Å². The van der Waals surface area contributed by atoms with Crippen LogP contribution < -0.4 is 0 Å². The molecule has 0 N–H and O–H groups in total. The SMILES string of the molecule is Cc1ccc(CC(Br)c2cc(C)cc(F)c2)nc1. The van der Waals surface area contributed by atoms with E-state index in [2.05, 4.69) is 20.9 Å². The second kappa shape index (κ2) is 5.61. The van der Waals surface area contributed by atoms with E-state index in [1.54, 1.807) is 6.07 Å². The van der Waals surface area contributed by atoms with E-state index in [1.807, 2.05) is 38.2 Å². The zero-order valence-corrected chi connectivity index (χ0v) is 12.0. The van der Waals surface area contributed by atoms with Crippen LogP contribution in [-0.4, -0.2) is 4.98 Å². The molecular weight excluding hydrogens is 293 g/mol. The average molecular weight is 308 g/mol. The van der Waals surface area contributed by atoms with Crippen molar-refractivity contribution in [1.82, 2.24) is 4.98 Å². The number of aryl methyl sites for hydroxylation is 2. The monoisotopic (exact) mass is 307 g/mol. The largest absolute Gasteiger partial charge is 0.261 e. The number of hydrogen-bond donors (Lipinski definition) is 0. The Bertz CT molecular complexity index is 516. The van der Waals surface area contributed by atoms with Crippen molar-refractivity contribution in [1.29, 1.82) is 0 Å². The van der Waals surface area contributed by atoms with Crippen LogP contribution >= 0.6 is 15.9 Å². The molecular formula is C15H15BrFN. The maximum atomic E-state index is 13.3. The molecule has 1 unspecified atom stereocenters. The Kier molecular flexibility index (Phi) is 4.12. The van der Waals surface area contributed by atoms with Gasteiger partial charge in [0.1, 0.15) is 5.82 Å². The Morgan fingerprint density at radius 2 is 1.94 bits per heavy atom. The molecule has 1 nitrogen and oxygen atoms in total. The quantitative estimate of drug-likeness (QED) is 0.760. The Balaban J connectivity index is 2.16. The molecule has 1 atom stereocenters. The minimum atomic E-state index is -0.189. The first kappa shape index (κ1) is 13.2. The highest BCUT2D eigenvalue weighted by atomic mass is 79.9. The summed E-state index contributed by atoms with van der Waals surface area (Å²) < 4.78 is 13.3. The molecule has 0 bridgehead atoms. The van der Waals surface area contributed by atoms with Crippen molar-refractivity contribution in [3.63, 3.8) is 0 Å². The lowest BCUT2D eigenvalue weighted by Gasteiger charge is -2.11. The fourth-order valence-corrected chi connectivity index (χ4v) is 2.46. The fourth-order valence-electron chi connectivity index (χ4n) is 1.87. The van der Waals surface area contributed by atoms with E-state index < -0.39 is 0 Å². The topological polar surface area (TPSA) is 12.9 Å². The number of pyridine rings is 1. The number of aromatic nitrogens is 1. The van der Waals surface area contributed by atoms with E-state index in [9.17, 15) is 4.39 Å². The number of benzene rings is 1. The lowest BCUT2D eigenvalue weighted by molar-refractivity contribution is 0.623. The third kappa shape index (κ3) is 3.39. The first-order valence-corrected chi connectivity index (χ1v) is 6.79. The van der Waals surface area contributed by atoms with Gasteiger partial charge in [0.15, 0.2) is 0 Å². The molecule has 1 aromatic carbocycles. The number of nitrogens with zero attached hydrogens (tertiary/aromatic N) is 1. The Hall–Kier alpha value is -1.22. The molecule has 0 amide bonds. The summed E-state index contributed by atoms with van der Waals surface area (Å²) in [5, 5.41) is 0. The first-order chi connectivity index (χ1) is 8.54. The molecule has 0 aliphatic heterocycles. The molecule has 0 saturated heterocycles. The lowest BCUT2D eigenvalue weighted by atomic mass is 10.0. The van der Waals surface area contributed by atoms with Crippen LogP contribution in [0.25, 0.3) is 0 Å². The van der Waals surface area contributed by atoms with Crippen LogP contribution in [0.3, 0.4) is 0 Å². The first-order valence-electron chi connectivity index (χ1n) is 5.87. The average Bonchev–Trinajstić information content (AvgIpc) is 2.31. The molecule has 0 fully saturated rings. The molecule has 3 heteroatoms. The normalized spacial score (nSPS) is 12.4. The summed E-state index contributed by atoms with van der Waals surface area (Å²) >= 11 is 3.60. The molecule has 2 rings (SSSR count). The predicted octanol–water partition coefficient (Wildman–Crippen LogP) is 4.52. The summed E-state index contributed by atoms with van der Waals surface area (Å²) in [6, 6.07) is 9.15. The van der Waals surface area contributed by atoms with Gasteiger partial charge >= 0.3 is 0 Å². The second-order valence-electron chi connectivity index (χ2n) is 4.56. The number of rotatable bonds is 3. The highest BCUT2D eigenvalue weighted by Crippen LogP contribution is 2.27. The van der Waals surface area contributed by atoms with Crippen LogP contribution in [0.5, 0.6) is 0 Å². The molecule has 0 aliphatic rings. The van der Waals surface area contributed by atoms with Gasteiger partial charge in [-0.2, -0.15) is 0 Å². The van der Waals surface area contributed by atoms with Crippen LogP contribution in [0, 0.1) is 19.7 Å². The zero-order chi connectivity index (χ0) is 13.1. The molecule has 1 aromatic heterocycles. The van der Waals surface area contributed by atoms with E-state index >= 15 is 0 Å². The van der Waals surface area contributed by atoms with Gasteiger partial charge in [-0.1, -0.05) is 28.1 Å².